The monoisotopic (exact) mass is 460 g/mol. The zero-order chi connectivity index (χ0) is 21.7. The molecule has 0 spiro atoms. The molecule has 4 heterocycles. The van der Waals surface area contributed by atoms with Crippen LogP contribution in [-0.4, -0.2) is 43.3 Å². The lowest BCUT2D eigenvalue weighted by Gasteiger charge is -2.40. The Bertz CT molecular complexity index is 1260. The van der Waals surface area contributed by atoms with Gasteiger partial charge in [0.25, 0.3) is 5.91 Å². The number of nitrogens with zero attached hydrogens (tertiary/aromatic N) is 4. The SMILES string of the molecule is O=C1c2c(O)c(=O)c(-c3nnc(Cc4cccc(Cl)c4F)s3)cn2CC2CCCCN12. The van der Waals surface area contributed by atoms with Gasteiger partial charge in [0.1, 0.15) is 10.8 Å². The number of carbonyl (C=O) groups excluding carboxylic acids is 1. The second kappa shape index (κ2) is 7.72. The maximum Gasteiger partial charge on any atom is 0.274 e. The number of aromatic hydroxyl groups is 1. The molecule has 1 aromatic carbocycles. The van der Waals surface area contributed by atoms with Crippen molar-refractivity contribution < 1.29 is 14.3 Å². The van der Waals surface area contributed by atoms with Crippen molar-refractivity contribution in [2.24, 2.45) is 0 Å². The summed E-state index contributed by atoms with van der Waals surface area (Å²) in [6.07, 6.45) is 4.61. The Balaban J connectivity index is 1.51. The molecule has 2 aliphatic heterocycles. The fourth-order valence-electron chi connectivity index (χ4n) is 4.27. The third-order valence-corrected chi connectivity index (χ3v) is 7.07. The van der Waals surface area contributed by atoms with Crippen LogP contribution in [0, 0.1) is 5.82 Å². The first-order chi connectivity index (χ1) is 14.9. The number of fused-ring (bicyclic) bond motifs is 2. The van der Waals surface area contributed by atoms with E-state index < -0.39 is 17.0 Å². The topological polar surface area (TPSA) is 88.3 Å². The molecule has 2 aromatic heterocycles. The Labute approximate surface area is 185 Å². The largest absolute Gasteiger partial charge is 0.503 e. The minimum absolute atomic E-state index is 0.0256. The highest BCUT2D eigenvalue weighted by Gasteiger charge is 2.37. The summed E-state index contributed by atoms with van der Waals surface area (Å²) in [7, 11) is 0. The number of rotatable bonds is 3. The lowest BCUT2D eigenvalue weighted by molar-refractivity contribution is 0.0506. The summed E-state index contributed by atoms with van der Waals surface area (Å²) in [5.41, 5.74) is -0.0823. The minimum Gasteiger partial charge on any atom is -0.503 e. The number of hydrogen-bond donors (Lipinski definition) is 1. The molecule has 10 heteroatoms. The Hall–Kier alpha value is -2.78. The van der Waals surface area contributed by atoms with Crippen molar-refractivity contribution >= 4 is 28.8 Å². The summed E-state index contributed by atoms with van der Waals surface area (Å²) in [4.78, 5) is 27.5. The zero-order valence-electron chi connectivity index (χ0n) is 16.3. The van der Waals surface area contributed by atoms with Gasteiger partial charge in [-0.05, 0) is 30.9 Å². The average molecular weight is 461 g/mol. The molecule has 1 unspecified atom stereocenters. The quantitative estimate of drug-likeness (QED) is 0.646. The van der Waals surface area contributed by atoms with Gasteiger partial charge in [0.05, 0.1) is 10.6 Å². The van der Waals surface area contributed by atoms with Crippen LogP contribution in [0.1, 0.15) is 40.3 Å². The van der Waals surface area contributed by atoms with E-state index in [0.717, 1.165) is 30.6 Å². The van der Waals surface area contributed by atoms with Crippen molar-refractivity contribution in [2.75, 3.05) is 6.54 Å². The molecule has 0 saturated carbocycles. The number of amides is 1. The summed E-state index contributed by atoms with van der Waals surface area (Å²) in [6, 6.07) is 4.79. The van der Waals surface area contributed by atoms with Gasteiger partial charge in [0.15, 0.2) is 16.5 Å². The van der Waals surface area contributed by atoms with Crippen LogP contribution in [-0.2, 0) is 13.0 Å². The van der Waals surface area contributed by atoms with Crippen molar-refractivity contribution in [3.8, 4) is 16.3 Å². The fourth-order valence-corrected chi connectivity index (χ4v) is 5.34. The smallest absolute Gasteiger partial charge is 0.274 e. The van der Waals surface area contributed by atoms with Crippen molar-refractivity contribution in [3.63, 3.8) is 0 Å². The van der Waals surface area contributed by atoms with E-state index >= 15 is 0 Å². The molecular formula is C21H18ClFN4O3S. The molecule has 1 atom stereocenters. The highest BCUT2D eigenvalue weighted by molar-refractivity contribution is 7.14. The Morgan fingerprint density at radius 3 is 2.94 bits per heavy atom. The van der Waals surface area contributed by atoms with E-state index in [2.05, 4.69) is 10.2 Å². The lowest BCUT2D eigenvalue weighted by atomic mass is 9.98. The van der Waals surface area contributed by atoms with E-state index in [4.69, 9.17) is 11.6 Å². The first-order valence-corrected chi connectivity index (χ1v) is 11.2. The fraction of sp³-hybridized carbons (Fsp3) is 0.333. The summed E-state index contributed by atoms with van der Waals surface area (Å²) < 4.78 is 15.8. The van der Waals surface area contributed by atoms with Crippen LogP contribution in [0.5, 0.6) is 5.75 Å². The Kier molecular flexibility index (Phi) is 5.02. The van der Waals surface area contributed by atoms with Gasteiger partial charge in [-0.1, -0.05) is 35.1 Å². The Morgan fingerprint density at radius 2 is 2.10 bits per heavy atom. The lowest BCUT2D eigenvalue weighted by Crippen LogP contribution is -2.51. The molecule has 3 aromatic rings. The zero-order valence-corrected chi connectivity index (χ0v) is 17.9. The number of hydrogen-bond acceptors (Lipinski definition) is 6. The van der Waals surface area contributed by atoms with E-state index in [-0.39, 0.29) is 34.6 Å². The van der Waals surface area contributed by atoms with Crippen molar-refractivity contribution in [2.45, 2.75) is 38.3 Å². The van der Waals surface area contributed by atoms with Crippen molar-refractivity contribution in [3.05, 3.63) is 61.7 Å². The van der Waals surface area contributed by atoms with Gasteiger partial charge >= 0.3 is 0 Å². The maximum absolute atomic E-state index is 14.2. The first-order valence-electron chi connectivity index (χ1n) is 9.97. The molecule has 7 nitrogen and oxygen atoms in total. The van der Waals surface area contributed by atoms with Crippen LogP contribution >= 0.6 is 22.9 Å². The molecule has 1 amide bonds. The number of benzene rings is 1. The molecule has 0 radical (unpaired) electrons. The summed E-state index contributed by atoms with van der Waals surface area (Å²) in [6.45, 7) is 1.15. The van der Waals surface area contributed by atoms with E-state index in [1.807, 2.05) is 0 Å². The second-order valence-corrected chi connectivity index (χ2v) is 9.23. The predicted molar refractivity (Wildman–Crippen MR) is 114 cm³/mol. The van der Waals surface area contributed by atoms with Gasteiger partial charge in [-0.15, -0.1) is 10.2 Å². The maximum atomic E-state index is 14.2. The number of aromatic nitrogens is 3. The van der Waals surface area contributed by atoms with Gasteiger partial charge < -0.3 is 14.6 Å². The van der Waals surface area contributed by atoms with Crippen molar-refractivity contribution in [1.29, 1.82) is 0 Å². The molecular weight excluding hydrogens is 443 g/mol. The molecule has 1 N–H and O–H groups in total. The molecule has 5 rings (SSSR count). The average Bonchev–Trinajstić information content (AvgIpc) is 3.22. The number of piperidine rings is 1. The third kappa shape index (κ3) is 3.41. The molecule has 31 heavy (non-hydrogen) atoms. The van der Waals surface area contributed by atoms with Gasteiger partial charge in [0, 0.05) is 31.7 Å². The second-order valence-electron chi connectivity index (χ2n) is 7.76. The third-order valence-electron chi connectivity index (χ3n) is 5.82. The van der Waals surface area contributed by atoms with Crippen LogP contribution in [0.2, 0.25) is 5.02 Å². The van der Waals surface area contributed by atoms with Crippen molar-refractivity contribution in [1.82, 2.24) is 19.7 Å². The summed E-state index contributed by atoms with van der Waals surface area (Å²) in [5.74, 6) is -1.39. The van der Waals surface area contributed by atoms with E-state index in [9.17, 15) is 19.1 Å². The highest BCUT2D eigenvalue weighted by atomic mass is 35.5. The molecule has 0 aliphatic carbocycles. The normalized spacial score (nSPS) is 18.1. The first kappa shape index (κ1) is 20.1. The van der Waals surface area contributed by atoms with Crippen LogP contribution in [0.3, 0.4) is 0 Å². The number of pyridine rings is 1. The molecule has 0 bridgehead atoms. The Morgan fingerprint density at radius 1 is 1.26 bits per heavy atom. The minimum atomic E-state index is -0.660. The highest BCUT2D eigenvalue weighted by Crippen LogP contribution is 2.32. The molecule has 2 aliphatic rings. The van der Waals surface area contributed by atoms with E-state index in [1.54, 1.807) is 27.8 Å². The van der Waals surface area contributed by atoms with Crippen LogP contribution in [0.15, 0.2) is 29.2 Å². The van der Waals surface area contributed by atoms with Crippen LogP contribution in [0.25, 0.3) is 10.6 Å². The number of halogens is 2. The predicted octanol–water partition coefficient (Wildman–Crippen LogP) is 3.46. The number of carbonyl (C=O) groups is 1. The molecule has 1 saturated heterocycles. The summed E-state index contributed by atoms with van der Waals surface area (Å²) in [5, 5.41) is 19.6. The van der Waals surface area contributed by atoms with Gasteiger partial charge in [-0.3, -0.25) is 9.59 Å². The molecule has 1 fully saturated rings. The standard InChI is InChI=1S/C21H18ClFN4O3S/c22-14-6-3-4-11(16(14)23)8-15-24-25-20(31-15)13-10-26-9-12-5-1-2-7-27(12)21(30)17(26)19(29)18(13)28/h3-4,6,10,12,29H,1-2,5,7-9H2. The summed E-state index contributed by atoms with van der Waals surface area (Å²) >= 11 is 6.98. The van der Waals surface area contributed by atoms with E-state index in [1.165, 1.54) is 6.07 Å². The van der Waals surface area contributed by atoms with Crippen LogP contribution in [0.4, 0.5) is 4.39 Å². The van der Waals surface area contributed by atoms with Gasteiger partial charge in [-0.25, -0.2) is 4.39 Å². The van der Waals surface area contributed by atoms with Gasteiger partial charge in [-0.2, -0.15) is 0 Å². The molecule has 160 valence electrons. The van der Waals surface area contributed by atoms with Crippen LogP contribution < -0.4 is 5.43 Å². The van der Waals surface area contributed by atoms with E-state index in [0.29, 0.717) is 28.7 Å². The van der Waals surface area contributed by atoms with Gasteiger partial charge in [0.2, 0.25) is 5.43 Å².